The Morgan fingerprint density at radius 2 is 0.982 bits per heavy atom. The summed E-state index contributed by atoms with van der Waals surface area (Å²) in [5.74, 6) is -3.76. The fourth-order valence-corrected chi connectivity index (χ4v) is 11.1. The molecule has 298 valence electrons. The number of sulfonamides is 2. The molecule has 10 nitrogen and oxygen atoms in total. The van der Waals surface area contributed by atoms with Gasteiger partial charge >= 0.3 is 0 Å². The van der Waals surface area contributed by atoms with Gasteiger partial charge in [0.15, 0.2) is 10.3 Å². The van der Waals surface area contributed by atoms with E-state index < -0.39 is 53.1 Å². The van der Waals surface area contributed by atoms with Crippen LogP contribution in [-0.2, 0) is 20.0 Å². The summed E-state index contributed by atoms with van der Waals surface area (Å²) in [6, 6.07) is 22.9. The molecule has 2 aliphatic heterocycles. The zero-order chi connectivity index (χ0) is 40.3. The summed E-state index contributed by atoms with van der Waals surface area (Å²) < 4.78 is 107. The van der Waals surface area contributed by atoms with Gasteiger partial charge in [-0.15, -0.1) is 22.7 Å². The number of aryl methyl sites for hydroxylation is 1. The predicted molar refractivity (Wildman–Crippen MR) is 214 cm³/mol. The molecule has 0 spiro atoms. The highest BCUT2D eigenvalue weighted by Gasteiger charge is 2.33. The maximum absolute atomic E-state index is 14.0. The highest BCUT2D eigenvalue weighted by atomic mass is 32.2. The molecular formula is C39H36F4N6O4S4. The minimum absolute atomic E-state index is 0.207. The first-order chi connectivity index (χ1) is 27.3. The Hall–Kier alpha value is -4.72. The Morgan fingerprint density at radius 3 is 1.46 bits per heavy atom. The van der Waals surface area contributed by atoms with Crippen molar-refractivity contribution < 1.29 is 34.4 Å². The summed E-state index contributed by atoms with van der Waals surface area (Å²) in [6.45, 7) is 4.65. The van der Waals surface area contributed by atoms with E-state index in [1.807, 2.05) is 82.1 Å². The van der Waals surface area contributed by atoms with E-state index >= 15 is 0 Å². The Morgan fingerprint density at radius 1 is 0.544 bits per heavy atom. The third kappa shape index (κ3) is 8.90. The van der Waals surface area contributed by atoms with Crippen LogP contribution >= 0.6 is 22.7 Å². The number of piperazine rings is 2. The van der Waals surface area contributed by atoms with Crippen molar-refractivity contribution in [3.8, 4) is 22.5 Å². The molecule has 0 saturated carbocycles. The third-order valence-corrected chi connectivity index (χ3v) is 15.2. The van der Waals surface area contributed by atoms with Gasteiger partial charge in [0, 0.05) is 86.4 Å². The fourth-order valence-electron chi connectivity index (χ4n) is 6.43. The molecule has 2 saturated heterocycles. The quantitative estimate of drug-likeness (QED) is 0.145. The smallest absolute Gasteiger partial charge is 0.246 e. The Labute approximate surface area is 336 Å². The Bertz CT molecular complexity index is 2580. The van der Waals surface area contributed by atoms with Crippen molar-refractivity contribution in [2.24, 2.45) is 0 Å². The maximum atomic E-state index is 14.0. The molecule has 2 aromatic heterocycles. The molecule has 57 heavy (non-hydrogen) atoms. The zero-order valence-electron chi connectivity index (χ0n) is 30.4. The standard InChI is InChI=1S/C20H19F2N3O2S2.C19H17F2N3O2S2/c1-14-4-2-3-5-16(14)18-13-28-20(23-18)24-8-10-25(11-9-24)29(26,27)19-7-6-15(21)12-17(19)22;20-15-6-7-18(16(21)12-15)28(25,26)24-10-8-23(9-11-24)19-22-17(13-27-19)14-4-2-1-3-5-14/h2-7,12-13H,8-11H2,1H3;1-7,12-13H,8-11H2. The highest BCUT2D eigenvalue weighted by molar-refractivity contribution is 7.89. The van der Waals surface area contributed by atoms with Crippen molar-refractivity contribution in [3.05, 3.63) is 131 Å². The number of hydrogen-bond acceptors (Lipinski definition) is 10. The van der Waals surface area contributed by atoms with Gasteiger partial charge in [-0.1, -0.05) is 54.6 Å². The lowest BCUT2D eigenvalue weighted by Crippen LogP contribution is -2.48. The summed E-state index contributed by atoms with van der Waals surface area (Å²) in [5, 5.41) is 5.62. The summed E-state index contributed by atoms with van der Waals surface area (Å²) in [7, 11) is -8.02. The van der Waals surface area contributed by atoms with Crippen LogP contribution in [0.15, 0.2) is 112 Å². The SMILES string of the molecule is Cc1ccccc1-c1csc(N2CCN(S(=O)(=O)c3ccc(F)cc3F)CC2)n1.O=S(=O)(c1ccc(F)cc1F)N1CCN(c2nc(-c3ccccc3)cs2)CC1. The molecule has 0 N–H and O–H groups in total. The monoisotopic (exact) mass is 856 g/mol. The number of hydrogen-bond donors (Lipinski definition) is 0. The second-order valence-electron chi connectivity index (χ2n) is 13.1. The number of aromatic nitrogens is 2. The van der Waals surface area contributed by atoms with Crippen molar-refractivity contribution in [3.63, 3.8) is 0 Å². The second-order valence-corrected chi connectivity index (χ2v) is 18.6. The molecule has 2 fully saturated rings. The molecule has 0 radical (unpaired) electrons. The molecule has 0 amide bonds. The largest absolute Gasteiger partial charge is 0.345 e. The van der Waals surface area contributed by atoms with Gasteiger partial charge in [-0.25, -0.2) is 44.4 Å². The fraction of sp³-hybridized carbons (Fsp3) is 0.231. The first kappa shape index (κ1) is 40.5. The molecule has 0 aliphatic carbocycles. The lowest BCUT2D eigenvalue weighted by molar-refractivity contribution is 0.381. The van der Waals surface area contributed by atoms with E-state index in [0.29, 0.717) is 38.3 Å². The summed E-state index contributed by atoms with van der Waals surface area (Å²) in [6.07, 6.45) is 0. The van der Waals surface area contributed by atoms with Crippen LogP contribution in [0.2, 0.25) is 0 Å². The predicted octanol–water partition coefficient (Wildman–Crippen LogP) is 7.51. The van der Waals surface area contributed by atoms with Crippen LogP contribution in [0.25, 0.3) is 22.5 Å². The van der Waals surface area contributed by atoms with Gasteiger partial charge in [0.1, 0.15) is 33.1 Å². The summed E-state index contributed by atoms with van der Waals surface area (Å²) in [5.41, 5.74) is 5.01. The minimum atomic E-state index is -4.01. The Kier molecular flexibility index (Phi) is 12.1. The normalized spacial score (nSPS) is 15.7. The van der Waals surface area contributed by atoms with Crippen LogP contribution in [0.4, 0.5) is 27.8 Å². The highest BCUT2D eigenvalue weighted by Crippen LogP contribution is 2.32. The molecular weight excluding hydrogens is 821 g/mol. The van der Waals surface area contributed by atoms with Crippen LogP contribution in [0.1, 0.15) is 5.56 Å². The molecule has 8 rings (SSSR count). The first-order valence-electron chi connectivity index (χ1n) is 17.7. The first-order valence-corrected chi connectivity index (χ1v) is 22.4. The lowest BCUT2D eigenvalue weighted by atomic mass is 10.1. The zero-order valence-corrected chi connectivity index (χ0v) is 33.7. The molecule has 18 heteroatoms. The molecule has 6 aromatic rings. The van der Waals surface area contributed by atoms with Crippen molar-refractivity contribution >= 4 is 53.0 Å². The molecule has 0 atom stereocenters. The number of benzene rings is 4. The van der Waals surface area contributed by atoms with Crippen LogP contribution in [0.5, 0.6) is 0 Å². The number of thiazole rings is 2. The average molecular weight is 857 g/mol. The van der Waals surface area contributed by atoms with Gasteiger partial charge in [-0.3, -0.25) is 0 Å². The molecule has 2 aliphatic rings. The van der Waals surface area contributed by atoms with E-state index in [2.05, 4.69) is 4.98 Å². The van der Waals surface area contributed by atoms with Gasteiger partial charge in [-0.2, -0.15) is 8.61 Å². The minimum Gasteiger partial charge on any atom is -0.345 e. The van der Waals surface area contributed by atoms with Gasteiger partial charge in [0.2, 0.25) is 20.0 Å². The molecule has 0 unspecified atom stereocenters. The third-order valence-electron chi connectivity index (χ3n) is 9.52. The van der Waals surface area contributed by atoms with Crippen molar-refractivity contribution in [2.45, 2.75) is 16.7 Å². The number of halogens is 4. The van der Waals surface area contributed by atoms with Crippen molar-refractivity contribution in [1.29, 1.82) is 0 Å². The van der Waals surface area contributed by atoms with Gasteiger partial charge < -0.3 is 9.80 Å². The van der Waals surface area contributed by atoms with E-state index in [9.17, 15) is 34.4 Å². The molecule has 4 heterocycles. The van der Waals surface area contributed by atoms with E-state index in [0.717, 1.165) is 62.6 Å². The van der Waals surface area contributed by atoms with Gasteiger partial charge in [-0.05, 0) is 36.8 Å². The lowest BCUT2D eigenvalue weighted by Gasteiger charge is -2.33. The second kappa shape index (κ2) is 17.0. The van der Waals surface area contributed by atoms with Crippen LogP contribution in [-0.4, -0.2) is 87.8 Å². The van der Waals surface area contributed by atoms with E-state index in [1.165, 1.54) is 31.3 Å². The van der Waals surface area contributed by atoms with Gasteiger partial charge in [0.25, 0.3) is 0 Å². The topological polar surface area (TPSA) is 107 Å². The van der Waals surface area contributed by atoms with Crippen LogP contribution in [0.3, 0.4) is 0 Å². The average Bonchev–Trinajstić information content (AvgIpc) is 3.90. The van der Waals surface area contributed by atoms with E-state index in [1.54, 1.807) is 0 Å². The van der Waals surface area contributed by atoms with E-state index in [-0.39, 0.29) is 26.2 Å². The maximum Gasteiger partial charge on any atom is 0.246 e. The van der Waals surface area contributed by atoms with Crippen molar-refractivity contribution in [2.75, 3.05) is 62.2 Å². The van der Waals surface area contributed by atoms with Crippen LogP contribution in [0, 0.1) is 30.2 Å². The van der Waals surface area contributed by atoms with Crippen LogP contribution < -0.4 is 9.80 Å². The summed E-state index contributed by atoms with van der Waals surface area (Å²) >= 11 is 3.02. The summed E-state index contributed by atoms with van der Waals surface area (Å²) in [4.78, 5) is 12.4. The van der Waals surface area contributed by atoms with Gasteiger partial charge in [0.05, 0.1) is 11.4 Å². The number of anilines is 2. The van der Waals surface area contributed by atoms with Crippen molar-refractivity contribution in [1.82, 2.24) is 18.6 Å². The Balaban J connectivity index is 0.000000174. The van der Waals surface area contributed by atoms with E-state index in [4.69, 9.17) is 4.98 Å². The number of nitrogens with zero attached hydrogens (tertiary/aromatic N) is 6. The molecule has 0 bridgehead atoms. The molecule has 4 aromatic carbocycles. The number of rotatable bonds is 8.